The maximum Gasteiger partial charge on any atom is 0.307 e. The molecule has 1 N–H and O–H groups in total. The van der Waals surface area contributed by atoms with E-state index < -0.39 is 28.9 Å². The van der Waals surface area contributed by atoms with Crippen LogP contribution < -0.4 is 0 Å². The van der Waals surface area contributed by atoms with E-state index in [4.69, 9.17) is 5.11 Å². The molecule has 0 heterocycles. The van der Waals surface area contributed by atoms with Crippen molar-refractivity contribution in [1.82, 2.24) is 0 Å². The van der Waals surface area contributed by atoms with Crippen LogP contribution in [0.2, 0.25) is 0 Å². The lowest BCUT2D eigenvalue weighted by atomic mass is 10.2. The minimum Gasteiger partial charge on any atom is -0.384 e. The van der Waals surface area contributed by atoms with E-state index in [1.54, 1.807) is 0 Å². The van der Waals surface area contributed by atoms with Crippen LogP contribution in [0.15, 0.2) is 12.1 Å². The Labute approximate surface area is 83.3 Å². The number of hydrogen-bond donors (Lipinski definition) is 1. The average Bonchev–Trinajstić information content (AvgIpc) is 2.18. The van der Waals surface area contributed by atoms with Gasteiger partial charge in [0.25, 0.3) is 0 Å². The molecule has 6 heteroatoms. The van der Waals surface area contributed by atoms with Crippen molar-refractivity contribution in [3.8, 4) is 11.8 Å². The van der Waals surface area contributed by atoms with Crippen LogP contribution in [0.3, 0.4) is 0 Å². The number of aliphatic hydroxyl groups excluding tert-OH is 1. The Morgan fingerprint density at radius 3 is 2.60 bits per heavy atom. The molecule has 0 fully saturated rings. The predicted octanol–water partition coefficient (Wildman–Crippen LogP) is 1.22. The predicted molar refractivity (Wildman–Crippen MR) is 47.0 cm³/mol. The highest BCUT2D eigenvalue weighted by atomic mass is 19.1. The van der Waals surface area contributed by atoms with Gasteiger partial charge in [-0.1, -0.05) is 11.8 Å². The van der Waals surface area contributed by atoms with Crippen molar-refractivity contribution < 1.29 is 18.8 Å². The summed E-state index contributed by atoms with van der Waals surface area (Å²) in [5.74, 6) is 2.08. The van der Waals surface area contributed by atoms with E-state index in [1.165, 1.54) is 0 Å². The van der Waals surface area contributed by atoms with Crippen molar-refractivity contribution in [3.05, 3.63) is 39.4 Å². The molecule has 0 aliphatic rings. The largest absolute Gasteiger partial charge is 0.384 e. The van der Waals surface area contributed by atoms with Crippen molar-refractivity contribution in [2.24, 2.45) is 0 Å². The first-order valence-electron chi connectivity index (χ1n) is 3.79. The molecule has 0 spiro atoms. The maximum atomic E-state index is 13.1. The molecule has 15 heavy (non-hydrogen) atoms. The molecule has 78 valence electrons. The molecule has 0 aliphatic heterocycles. The first kappa shape index (κ1) is 11.1. The fourth-order valence-electron chi connectivity index (χ4n) is 0.907. The van der Waals surface area contributed by atoms with E-state index in [9.17, 15) is 18.9 Å². The molecule has 0 bridgehead atoms. The van der Waals surface area contributed by atoms with Gasteiger partial charge >= 0.3 is 5.69 Å². The Kier molecular flexibility index (Phi) is 3.31. The second-order valence-electron chi connectivity index (χ2n) is 2.50. The summed E-state index contributed by atoms with van der Waals surface area (Å²) < 4.78 is 26.0. The Bertz CT molecular complexity index is 462. The number of halogens is 2. The smallest absolute Gasteiger partial charge is 0.307 e. The van der Waals surface area contributed by atoms with Gasteiger partial charge in [-0.25, -0.2) is 4.39 Å². The van der Waals surface area contributed by atoms with Gasteiger partial charge in [-0.05, 0) is 6.07 Å². The molecule has 0 amide bonds. The molecule has 0 aromatic heterocycles. The molecule has 0 aliphatic carbocycles. The maximum absolute atomic E-state index is 13.1. The highest BCUT2D eigenvalue weighted by Crippen LogP contribution is 2.20. The molecule has 1 aromatic carbocycles. The van der Waals surface area contributed by atoms with Gasteiger partial charge in [0, 0.05) is 0 Å². The number of rotatable bonds is 1. The second kappa shape index (κ2) is 4.48. The topological polar surface area (TPSA) is 63.4 Å². The summed E-state index contributed by atoms with van der Waals surface area (Å²) in [6.07, 6.45) is 0. The third kappa shape index (κ3) is 2.48. The van der Waals surface area contributed by atoms with Crippen LogP contribution in [0.1, 0.15) is 5.56 Å². The molecule has 0 saturated heterocycles. The first-order chi connectivity index (χ1) is 7.06. The third-order valence-electron chi connectivity index (χ3n) is 1.54. The highest BCUT2D eigenvalue weighted by Gasteiger charge is 2.17. The first-order valence-corrected chi connectivity index (χ1v) is 3.79. The van der Waals surface area contributed by atoms with Gasteiger partial charge in [0.2, 0.25) is 5.82 Å². The Hall–Kier alpha value is -2.00. The van der Waals surface area contributed by atoms with Crippen LogP contribution in [0.5, 0.6) is 0 Å². The van der Waals surface area contributed by atoms with Crippen molar-refractivity contribution in [2.45, 2.75) is 0 Å². The van der Waals surface area contributed by atoms with E-state index in [1.807, 2.05) is 0 Å². The van der Waals surface area contributed by atoms with E-state index in [0.717, 1.165) is 0 Å². The SMILES string of the molecule is O=[N+]([O-])c1cc(F)c(C#CCO)cc1F. The fourth-order valence-corrected chi connectivity index (χ4v) is 0.907. The van der Waals surface area contributed by atoms with Gasteiger partial charge in [0.1, 0.15) is 12.4 Å². The van der Waals surface area contributed by atoms with Crippen molar-refractivity contribution in [1.29, 1.82) is 0 Å². The molecule has 0 radical (unpaired) electrons. The summed E-state index contributed by atoms with van der Waals surface area (Å²) in [6.45, 7) is -0.502. The van der Waals surface area contributed by atoms with Crippen LogP contribution in [0, 0.1) is 33.6 Å². The zero-order chi connectivity index (χ0) is 11.4. The van der Waals surface area contributed by atoms with Gasteiger partial charge in [-0.3, -0.25) is 10.1 Å². The van der Waals surface area contributed by atoms with Gasteiger partial charge in [0.05, 0.1) is 16.6 Å². The molecule has 0 atom stereocenters. The molecule has 1 rings (SSSR count). The van der Waals surface area contributed by atoms with Crippen molar-refractivity contribution >= 4 is 5.69 Å². The summed E-state index contributed by atoms with van der Waals surface area (Å²) in [6, 6.07) is 1.08. The van der Waals surface area contributed by atoms with Gasteiger partial charge < -0.3 is 5.11 Å². The summed E-state index contributed by atoms with van der Waals surface area (Å²) in [7, 11) is 0. The number of aliphatic hydroxyl groups is 1. The number of hydrogen-bond acceptors (Lipinski definition) is 3. The number of nitrogens with zero attached hydrogens (tertiary/aromatic N) is 1. The summed E-state index contributed by atoms with van der Waals surface area (Å²) >= 11 is 0. The number of benzene rings is 1. The van der Waals surface area contributed by atoms with Gasteiger partial charge in [-0.15, -0.1) is 0 Å². The molecule has 1 aromatic rings. The zero-order valence-electron chi connectivity index (χ0n) is 7.33. The standard InChI is InChI=1S/C9H5F2NO3/c10-7-5-9(12(14)15)8(11)4-6(7)2-1-3-13/h4-5,13H,3H2. The second-order valence-corrected chi connectivity index (χ2v) is 2.50. The van der Waals surface area contributed by atoms with Gasteiger partial charge in [0.15, 0.2) is 0 Å². The summed E-state index contributed by atoms with van der Waals surface area (Å²) in [5.41, 5.74) is -1.27. The van der Waals surface area contributed by atoms with E-state index in [0.29, 0.717) is 12.1 Å². The monoisotopic (exact) mass is 213 g/mol. The molecular weight excluding hydrogens is 208 g/mol. The Morgan fingerprint density at radius 1 is 1.40 bits per heavy atom. The Morgan fingerprint density at radius 2 is 2.07 bits per heavy atom. The third-order valence-corrected chi connectivity index (χ3v) is 1.54. The zero-order valence-corrected chi connectivity index (χ0v) is 7.33. The van der Waals surface area contributed by atoms with Crippen molar-refractivity contribution in [2.75, 3.05) is 6.61 Å². The number of nitro benzene ring substituents is 1. The van der Waals surface area contributed by atoms with E-state index >= 15 is 0 Å². The van der Waals surface area contributed by atoms with Crippen LogP contribution in [-0.2, 0) is 0 Å². The quantitative estimate of drug-likeness (QED) is 0.433. The summed E-state index contributed by atoms with van der Waals surface area (Å²) in [4.78, 5) is 9.20. The average molecular weight is 213 g/mol. The number of nitro groups is 1. The van der Waals surface area contributed by atoms with Gasteiger partial charge in [-0.2, -0.15) is 4.39 Å². The lowest BCUT2D eigenvalue weighted by molar-refractivity contribution is -0.387. The van der Waals surface area contributed by atoms with Crippen LogP contribution in [-0.4, -0.2) is 16.6 Å². The molecule has 4 nitrogen and oxygen atoms in total. The summed E-state index contributed by atoms with van der Waals surface area (Å²) in [5, 5.41) is 18.6. The van der Waals surface area contributed by atoms with E-state index in [2.05, 4.69) is 11.8 Å². The lowest BCUT2D eigenvalue weighted by Crippen LogP contribution is -1.96. The molecule has 0 saturated carbocycles. The molecular formula is C9H5F2NO3. The molecule has 0 unspecified atom stereocenters. The lowest BCUT2D eigenvalue weighted by Gasteiger charge is -1.96. The van der Waals surface area contributed by atoms with Crippen LogP contribution in [0.25, 0.3) is 0 Å². The van der Waals surface area contributed by atoms with Crippen molar-refractivity contribution in [3.63, 3.8) is 0 Å². The van der Waals surface area contributed by atoms with Crippen LogP contribution in [0.4, 0.5) is 14.5 Å². The highest BCUT2D eigenvalue weighted by molar-refractivity contribution is 5.43. The normalized spacial score (nSPS) is 9.27. The minimum atomic E-state index is -1.16. The van der Waals surface area contributed by atoms with E-state index in [-0.39, 0.29) is 5.56 Å². The Balaban J connectivity index is 3.25. The van der Waals surface area contributed by atoms with Crippen LogP contribution >= 0.6 is 0 Å². The minimum absolute atomic E-state index is 0.327. The fraction of sp³-hybridized carbons (Fsp3) is 0.111.